The minimum absolute atomic E-state index is 0.136. The van der Waals surface area contributed by atoms with Crippen molar-refractivity contribution >= 4 is 11.6 Å². The number of rotatable bonds is 4. The zero-order chi connectivity index (χ0) is 11.5. The first-order valence-electron chi connectivity index (χ1n) is 5.74. The van der Waals surface area contributed by atoms with Gasteiger partial charge in [-0.15, -0.1) is 0 Å². The summed E-state index contributed by atoms with van der Waals surface area (Å²) < 4.78 is 5.33. The monoisotopic (exact) mass is 219 g/mol. The highest BCUT2D eigenvalue weighted by Crippen LogP contribution is 2.38. The zero-order valence-electron chi connectivity index (χ0n) is 9.69. The average Bonchev–Trinajstić information content (AvgIpc) is 2.99. The third-order valence-electron chi connectivity index (χ3n) is 2.88. The van der Waals surface area contributed by atoms with Crippen LogP contribution in [-0.2, 0) is 4.79 Å². The van der Waals surface area contributed by atoms with Gasteiger partial charge in [0.1, 0.15) is 5.75 Å². The minimum atomic E-state index is 0.136. The van der Waals surface area contributed by atoms with Crippen molar-refractivity contribution in [2.45, 2.75) is 20.3 Å². The quantitative estimate of drug-likeness (QED) is 0.845. The molecule has 3 nitrogen and oxygen atoms in total. The van der Waals surface area contributed by atoms with Gasteiger partial charge in [0.05, 0.1) is 6.61 Å². The van der Waals surface area contributed by atoms with Crippen LogP contribution in [0.3, 0.4) is 0 Å². The van der Waals surface area contributed by atoms with Crippen molar-refractivity contribution in [3.63, 3.8) is 0 Å². The van der Waals surface area contributed by atoms with E-state index in [4.69, 9.17) is 4.74 Å². The maximum absolute atomic E-state index is 11.7. The zero-order valence-corrected chi connectivity index (χ0v) is 9.69. The lowest BCUT2D eigenvalue weighted by Crippen LogP contribution is -2.14. The standard InChI is InChI=1S/C13H17NO2/c1-3-16-11-6-4-10(5-7-11)14-13(15)12-8-9(12)2/h4-7,9,12H,3,8H2,1-2H3,(H,14,15)/t9-,12-/m0/s1. The summed E-state index contributed by atoms with van der Waals surface area (Å²) in [5, 5.41) is 2.91. The van der Waals surface area contributed by atoms with Gasteiger partial charge in [0.25, 0.3) is 0 Å². The number of hydrogen-bond acceptors (Lipinski definition) is 2. The fraction of sp³-hybridized carbons (Fsp3) is 0.462. The Hall–Kier alpha value is -1.51. The second-order valence-corrected chi connectivity index (χ2v) is 4.27. The molecule has 16 heavy (non-hydrogen) atoms. The van der Waals surface area contributed by atoms with Gasteiger partial charge in [-0.1, -0.05) is 6.92 Å². The SMILES string of the molecule is CCOc1ccc(NC(=O)[C@H]2C[C@@H]2C)cc1. The fourth-order valence-electron chi connectivity index (χ4n) is 1.72. The summed E-state index contributed by atoms with van der Waals surface area (Å²) in [6.07, 6.45) is 1.02. The first kappa shape index (κ1) is 11.0. The summed E-state index contributed by atoms with van der Waals surface area (Å²) in [6, 6.07) is 7.48. The number of ether oxygens (including phenoxy) is 1. The number of carbonyl (C=O) groups excluding carboxylic acids is 1. The number of nitrogens with one attached hydrogen (secondary N) is 1. The molecule has 0 bridgehead atoms. The van der Waals surface area contributed by atoms with Gasteiger partial charge in [0.2, 0.25) is 5.91 Å². The second kappa shape index (κ2) is 4.56. The number of amides is 1. The molecule has 0 saturated heterocycles. The predicted molar refractivity (Wildman–Crippen MR) is 63.5 cm³/mol. The molecule has 0 spiro atoms. The van der Waals surface area contributed by atoms with Crippen LogP contribution in [0.15, 0.2) is 24.3 Å². The highest BCUT2D eigenvalue weighted by atomic mass is 16.5. The number of benzene rings is 1. The number of anilines is 1. The third-order valence-corrected chi connectivity index (χ3v) is 2.88. The molecule has 1 N–H and O–H groups in total. The molecular formula is C13H17NO2. The summed E-state index contributed by atoms with van der Waals surface area (Å²) in [7, 11) is 0. The molecule has 1 fully saturated rings. The Morgan fingerprint density at radius 3 is 2.56 bits per heavy atom. The summed E-state index contributed by atoms with van der Waals surface area (Å²) in [4.78, 5) is 11.7. The molecule has 2 atom stereocenters. The smallest absolute Gasteiger partial charge is 0.227 e. The highest BCUT2D eigenvalue weighted by Gasteiger charge is 2.38. The van der Waals surface area contributed by atoms with E-state index in [2.05, 4.69) is 12.2 Å². The Bertz CT molecular complexity index is 372. The molecule has 0 radical (unpaired) electrons. The molecule has 0 aliphatic heterocycles. The molecule has 3 heteroatoms. The molecule has 1 saturated carbocycles. The van der Waals surface area contributed by atoms with E-state index in [1.165, 1.54) is 0 Å². The lowest BCUT2D eigenvalue weighted by Gasteiger charge is -2.06. The van der Waals surface area contributed by atoms with Crippen LogP contribution in [-0.4, -0.2) is 12.5 Å². The molecule has 0 aromatic heterocycles. The molecule has 2 rings (SSSR count). The van der Waals surface area contributed by atoms with Crippen LogP contribution in [0.5, 0.6) is 5.75 Å². The van der Waals surface area contributed by atoms with E-state index in [9.17, 15) is 4.79 Å². The maximum Gasteiger partial charge on any atom is 0.227 e. The van der Waals surface area contributed by atoms with E-state index in [1.807, 2.05) is 31.2 Å². The van der Waals surface area contributed by atoms with Gasteiger partial charge < -0.3 is 10.1 Å². The van der Waals surface area contributed by atoms with E-state index >= 15 is 0 Å². The molecule has 1 amide bonds. The summed E-state index contributed by atoms with van der Waals surface area (Å²) in [5.74, 6) is 1.73. The number of hydrogen-bond donors (Lipinski definition) is 1. The van der Waals surface area contributed by atoms with Gasteiger partial charge in [-0.05, 0) is 43.5 Å². The summed E-state index contributed by atoms with van der Waals surface area (Å²) >= 11 is 0. The lowest BCUT2D eigenvalue weighted by atomic mass is 10.2. The summed E-state index contributed by atoms with van der Waals surface area (Å²) in [5.41, 5.74) is 0.840. The van der Waals surface area contributed by atoms with Crippen molar-refractivity contribution in [1.82, 2.24) is 0 Å². The lowest BCUT2D eigenvalue weighted by molar-refractivity contribution is -0.117. The van der Waals surface area contributed by atoms with Gasteiger partial charge in [-0.2, -0.15) is 0 Å². The van der Waals surface area contributed by atoms with Crippen molar-refractivity contribution in [2.24, 2.45) is 11.8 Å². The molecular weight excluding hydrogens is 202 g/mol. The molecule has 0 heterocycles. The Kier molecular flexibility index (Phi) is 3.13. The van der Waals surface area contributed by atoms with Gasteiger partial charge in [0, 0.05) is 11.6 Å². The van der Waals surface area contributed by atoms with Gasteiger partial charge in [0.15, 0.2) is 0 Å². The minimum Gasteiger partial charge on any atom is -0.494 e. The predicted octanol–water partition coefficient (Wildman–Crippen LogP) is 2.68. The van der Waals surface area contributed by atoms with Gasteiger partial charge in [-0.25, -0.2) is 0 Å². The van der Waals surface area contributed by atoms with E-state index in [-0.39, 0.29) is 11.8 Å². The first-order chi connectivity index (χ1) is 7.70. The van der Waals surface area contributed by atoms with Crippen LogP contribution < -0.4 is 10.1 Å². The Balaban J connectivity index is 1.92. The Morgan fingerprint density at radius 2 is 2.06 bits per heavy atom. The topological polar surface area (TPSA) is 38.3 Å². The van der Waals surface area contributed by atoms with Crippen molar-refractivity contribution in [3.05, 3.63) is 24.3 Å². The Labute approximate surface area is 95.8 Å². The van der Waals surface area contributed by atoms with Crippen molar-refractivity contribution < 1.29 is 9.53 Å². The van der Waals surface area contributed by atoms with Crippen molar-refractivity contribution in [1.29, 1.82) is 0 Å². The van der Waals surface area contributed by atoms with Crippen LogP contribution in [0, 0.1) is 11.8 Å². The molecule has 1 aliphatic carbocycles. The summed E-state index contributed by atoms with van der Waals surface area (Å²) in [6.45, 7) is 4.71. The fourth-order valence-corrected chi connectivity index (χ4v) is 1.72. The second-order valence-electron chi connectivity index (χ2n) is 4.27. The normalized spacial score (nSPS) is 22.6. The van der Waals surface area contributed by atoms with Crippen LogP contribution in [0.1, 0.15) is 20.3 Å². The molecule has 1 aromatic rings. The van der Waals surface area contributed by atoms with Gasteiger partial charge >= 0.3 is 0 Å². The van der Waals surface area contributed by atoms with Crippen molar-refractivity contribution in [3.8, 4) is 5.75 Å². The molecule has 86 valence electrons. The van der Waals surface area contributed by atoms with Crippen LogP contribution in [0.25, 0.3) is 0 Å². The van der Waals surface area contributed by atoms with E-state index in [0.29, 0.717) is 12.5 Å². The van der Waals surface area contributed by atoms with E-state index in [1.54, 1.807) is 0 Å². The van der Waals surface area contributed by atoms with Crippen LogP contribution >= 0.6 is 0 Å². The molecule has 1 aliphatic rings. The molecule has 0 unspecified atom stereocenters. The first-order valence-corrected chi connectivity index (χ1v) is 5.74. The molecule has 1 aromatic carbocycles. The third kappa shape index (κ3) is 2.54. The maximum atomic E-state index is 11.7. The van der Waals surface area contributed by atoms with E-state index < -0.39 is 0 Å². The largest absolute Gasteiger partial charge is 0.494 e. The van der Waals surface area contributed by atoms with Crippen LogP contribution in [0.4, 0.5) is 5.69 Å². The van der Waals surface area contributed by atoms with Crippen molar-refractivity contribution in [2.75, 3.05) is 11.9 Å². The highest BCUT2D eigenvalue weighted by molar-refractivity contribution is 5.94. The van der Waals surface area contributed by atoms with E-state index in [0.717, 1.165) is 17.9 Å². The van der Waals surface area contributed by atoms with Crippen LogP contribution in [0.2, 0.25) is 0 Å². The number of carbonyl (C=O) groups is 1. The average molecular weight is 219 g/mol. The Morgan fingerprint density at radius 1 is 1.44 bits per heavy atom. The van der Waals surface area contributed by atoms with Gasteiger partial charge in [-0.3, -0.25) is 4.79 Å².